The van der Waals surface area contributed by atoms with Crippen LogP contribution < -0.4 is 11.1 Å². The van der Waals surface area contributed by atoms with Crippen LogP contribution in [0.15, 0.2) is 30.5 Å². The molecular formula is C20H26N4O3. The standard InChI is InChI=1S/C20H26N4O3/c1-20(11-27-12-20)13-2-4-14(5-3-13)22-19-17(18(21)26)10-24(23-19)15-6-8-16(25)9-7-15/h2-5,10,15-16,25H,6-9,11-12H2,1H3,(H2,21,26)(H,22,23). The topological polar surface area (TPSA) is 102 Å². The molecule has 1 aliphatic carbocycles. The number of aliphatic hydroxyl groups excluding tert-OH is 1. The van der Waals surface area contributed by atoms with Gasteiger partial charge in [0.05, 0.1) is 25.4 Å². The summed E-state index contributed by atoms with van der Waals surface area (Å²) in [6, 6.07) is 8.31. The zero-order valence-electron chi connectivity index (χ0n) is 15.5. The number of hydrogen-bond acceptors (Lipinski definition) is 5. The lowest BCUT2D eigenvalue weighted by Crippen LogP contribution is -2.43. The maximum atomic E-state index is 11.9. The lowest BCUT2D eigenvalue weighted by molar-refractivity contribution is -0.0499. The molecule has 0 spiro atoms. The molecular weight excluding hydrogens is 344 g/mol. The van der Waals surface area contributed by atoms with Gasteiger partial charge in [0.25, 0.3) is 5.91 Å². The Labute approximate surface area is 158 Å². The highest BCUT2D eigenvalue weighted by Gasteiger charge is 2.35. The monoisotopic (exact) mass is 370 g/mol. The minimum Gasteiger partial charge on any atom is -0.393 e. The predicted molar refractivity (Wildman–Crippen MR) is 102 cm³/mol. The van der Waals surface area contributed by atoms with E-state index in [0.29, 0.717) is 11.4 Å². The lowest BCUT2D eigenvalue weighted by atomic mass is 9.81. The van der Waals surface area contributed by atoms with Crippen LogP contribution in [0.4, 0.5) is 11.5 Å². The van der Waals surface area contributed by atoms with Crippen LogP contribution in [0.3, 0.4) is 0 Å². The first-order valence-electron chi connectivity index (χ1n) is 9.47. The predicted octanol–water partition coefficient (Wildman–Crippen LogP) is 2.49. The van der Waals surface area contributed by atoms with E-state index in [9.17, 15) is 9.90 Å². The average Bonchev–Trinajstić information content (AvgIpc) is 3.05. The van der Waals surface area contributed by atoms with E-state index < -0.39 is 5.91 Å². The summed E-state index contributed by atoms with van der Waals surface area (Å²) in [5.74, 6) is -0.0325. The molecule has 1 aromatic heterocycles. The van der Waals surface area contributed by atoms with Gasteiger partial charge in [-0.1, -0.05) is 19.1 Å². The number of anilines is 2. The third kappa shape index (κ3) is 3.57. The van der Waals surface area contributed by atoms with Crippen molar-refractivity contribution in [2.45, 2.75) is 50.2 Å². The summed E-state index contributed by atoms with van der Waals surface area (Å²) >= 11 is 0. The number of primary amides is 1. The van der Waals surface area contributed by atoms with Gasteiger partial charge in [-0.25, -0.2) is 0 Å². The van der Waals surface area contributed by atoms with Crippen molar-refractivity contribution >= 4 is 17.4 Å². The molecule has 4 N–H and O–H groups in total. The lowest BCUT2D eigenvalue weighted by Gasteiger charge is -2.38. The van der Waals surface area contributed by atoms with Gasteiger partial charge in [-0.15, -0.1) is 0 Å². The molecule has 0 radical (unpaired) electrons. The maximum absolute atomic E-state index is 11.9. The number of aliphatic hydroxyl groups is 1. The summed E-state index contributed by atoms with van der Waals surface area (Å²) in [5.41, 5.74) is 8.11. The van der Waals surface area contributed by atoms with Crippen molar-refractivity contribution in [1.29, 1.82) is 0 Å². The van der Waals surface area contributed by atoms with Gasteiger partial charge in [-0.2, -0.15) is 5.10 Å². The normalized spacial score (nSPS) is 24.2. The number of carbonyl (C=O) groups is 1. The number of ether oxygens (including phenoxy) is 1. The van der Waals surface area contributed by atoms with Gasteiger partial charge in [0, 0.05) is 17.3 Å². The van der Waals surface area contributed by atoms with Crippen molar-refractivity contribution < 1.29 is 14.6 Å². The van der Waals surface area contributed by atoms with Crippen LogP contribution >= 0.6 is 0 Å². The van der Waals surface area contributed by atoms with Gasteiger partial charge < -0.3 is 20.9 Å². The molecule has 1 saturated heterocycles. The molecule has 0 atom stereocenters. The summed E-state index contributed by atoms with van der Waals surface area (Å²) in [4.78, 5) is 11.9. The maximum Gasteiger partial charge on any atom is 0.254 e. The van der Waals surface area contributed by atoms with Gasteiger partial charge >= 0.3 is 0 Å². The molecule has 1 saturated carbocycles. The molecule has 1 aliphatic heterocycles. The molecule has 2 fully saturated rings. The Morgan fingerprint density at radius 3 is 2.48 bits per heavy atom. The first kappa shape index (κ1) is 18.0. The molecule has 27 heavy (non-hydrogen) atoms. The van der Waals surface area contributed by atoms with Crippen LogP contribution in [0.5, 0.6) is 0 Å². The van der Waals surface area contributed by atoms with E-state index in [1.54, 1.807) is 6.20 Å². The van der Waals surface area contributed by atoms with Gasteiger partial charge in [-0.05, 0) is 43.4 Å². The van der Waals surface area contributed by atoms with Gasteiger partial charge in [0.15, 0.2) is 5.82 Å². The minimum atomic E-state index is -0.504. The number of rotatable bonds is 5. The van der Waals surface area contributed by atoms with E-state index >= 15 is 0 Å². The summed E-state index contributed by atoms with van der Waals surface area (Å²) in [7, 11) is 0. The SMILES string of the molecule is CC1(c2ccc(Nc3nn(C4CCC(O)CC4)cc3C(N)=O)cc2)COC1. The molecule has 7 heteroatoms. The summed E-state index contributed by atoms with van der Waals surface area (Å²) in [6.07, 6.45) is 4.68. The van der Waals surface area contributed by atoms with Crippen LogP contribution in [0, 0.1) is 0 Å². The number of hydrogen-bond donors (Lipinski definition) is 3. The van der Waals surface area contributed by atoms with Gasteiger partial charge in [0.1, 0.15) is 5.56 Å². The largest absolute Gasteiger partial charge is 0.393 e. The average molecular weight is 370 g/mol. The summed E-state index contributed by atoms with van der Waals surface area (Å²) < 4.78 is 7.15. The fourth-order valence-corrected chi connectivity index (χ4v) is 3.84. The highest BCUT2D eigenvalue weighted by Crippen LogP contribution is 2.33. The number of nitrogens with two attached hydrogens (primary N) is 1. The molecule has 7 nitrogen and oxygen atoms in total. The first-order valence-corrected chi connectivity index (χ1v) is 9.47. The Morgan fingerprint density at radius 1 is 1.26 bits per heavy atom. The Morgan fingerprint density at radius 2 is 1.93 bits per heavy atom. The molecule has 144 valence electrons. The summed E-state index contributed by atoms with van der Waals surface area (Å²) in [6.45, 7) is 3.67. The van der Waals surface area contributed by atoms with Crippen LogP contribution in [0.25, 0.3) is 0 Å². The second-order valence-corrected chi connectivity index (χ2v) is 7.95. The van der Waals surface area contributed by atoms with Crippen molar-refractivity contribution in [1.82, 2.24) is 9.78 Å². The first-order chi connectivity index (χ1) is 12.9. The highest BCUT2D eigenvalue weighted by molar-refractivity contribution is 5.98. The van der Waals surface area contributed by atoms with Crippen LogP contribution in [0.2, 0.25) is 0 Å². The Bertz CT molecular complexity index is 818. The van der Waals surface area contributed by atoms with E-state index in [2.05, 4.69) is 29.5 Å². The molecule has 2 aliphatic rings. The second kappa shape index (κ2) is 6.98. The van der Waals surface area contributed by atoms with Crippen molar-refractivity contribution in [2.75, 3.05) is 18.5 Å². The third-order valence-corrected chi connectivity index (χ3v) is 5.72. The van der Waals surface area contributed by atoms with Crippen LogP contribution in [-0.2, 0) is 10.2 Å². The van der Waals surface area contributed by atoms with Crippen molar-refractivity contribution in [3.63, 3.8) is 0 Å². The van der Waals surface area contributed by atoms with E-state index in [0.717, 1.165) is 44.6 Å². The van der Waals surface area contributed by atoms with Gasteiger partial charge in [0.2, 0.25) is 0 Å². The third-order valence-electron chi connectivity index (χ3n) is 5.72. The Balaban J connectivity index is 1.53. The molecule has 1 aromatic carbocycles. The molecule has 2 heterocycles. The number of amides is 1. The highest BCUT2D eigenvalue weighted by atomic mass is 16.5. The fourth-order valence-electron chi connectivity index (χ4n) is 3.84. The number of benzene rings is 1. The molecule has 2 aromatic rings. The zero-order valence-corrected chi connectivity index (χ0v) is 15.5. The number of aromatic nitrogens is 2. The van der Waals surface area contributed by atoms with E-state index in [1.807, 2.05) is 16.8 Å². The van der Waals surface area contributed by atoms with E-state index in [-0.39, 0.29) is 17.6 Å². The molecule has 0 bridgehead atoms. The fraction of sp³-hybridized carbons (Fsp3) is 0.500. The number of nitrogens with zero attached hydrogens (tertiary/aromatic N) is 2. The minimum absolute atomic E-state index is 0.0873. The second-order valence-electron chi connectivity index (χ2n) is 7.95. The van der Waals surface area contributed by atoms with E-state index in [4.69, 9.17) is 10.5 Å². The van der Waals surface area contributed by atoms with E-state index in [1.165, 1.54) is 5.56 Å². The van der Waals surface area contributed by atoms with Crippen LogP contribution in [-0.4, -0.2) is 40.1 Å². The smallest absolute Gasteiger partial charge is 0.254 e. The van der Waals surface area contributed by atoms with Gasteiger partial charge in [-0.3, -0.25) is 9.48 Å². The molecule has 0 unspecified atom stereocenters. The quantitative estimate of drug-likeness (QED) is 0.750. The van der Waals surface area contributed by atoms with Crippen molar-refractivity contribution in [3.05, 3.63) is 41.6 Å². The van der Waals surface area contributed by atoms with Crippen LogP contribution in [0.1, 0.15) is 54.6 Å². The number of carbonyl (C=O) groups excluding carboxylic acids is 1. The van der Waals surface area contributed by atoms with Crippen molar-refractivity contribution in [3.8, 4) is 0 Å². The Hall–Kier alpha value is -2.38. The summed E-state index contributed by atoms with van der Waals surface area (Å²) in [5, 5.41) is 17.5. The molecule has 4 rings (SSSR count). The molecule has 1 amide bonds. The Kier molecular flexibility index (Phi) is 4.65. The number of nitrogens with one attached hydrogen (secondary N) is 1. The zero-order chi connectivity index (χ0) is 19.0. The van der Waals surface area contributed by atoms with Crippen molar-refractivity contribution in [2.24, 2.45) is 5.73 Å².